The van der Waals surface area contributed by atoms with Gasteiger partial charge < -0.3 is 4.74 Å². The largest absolute Gasteiger partial charge is 0.435 e. The van der Waals surface area contributed by atoms with Crippen molar-refractivity contribution >= 4 is 22.2 Å². The second kappa shape index (κ2) is 6.87. The molecule has 2 aromatic rings. The highest BCUT2D eigenvalue weighted by Crippen LogP contribution is 2.31. The molecule has 21 heavy (non-hydrogen) atoms. The maximum absolute atomic E-state index is 12.2. The molecule has 0 aliphatic heterocycles. The van der Waals surface area contributed by atoms with Crippen LogP contribution in [0.1, 0.15) is 11.1 Å². The fraction of sp³-hybridized carbons (Fsp3) is 0.0625. The smallest absolute Gasteiger partial charge is 0.387 e. The van der Waals surface area contributed by atoms with Crippen LogP contribution in [0.4, 0.5) is 8.78 Å². The summed E-state index contributed by atoms with van der Waals surface area (Å²) in [6.07, 6.45) is 0. The quantitative estimate of drug-likeness (QED) is 0.593. The molecule has 106 valence electrons. The zero-order chi connectivity index (χ0) is 15.2. The molecule has 0 unspecified atom stereocenters. The lowest BCUT2D eigenvalue weighted by molar-refractivity contribution is -0.0498. The zero-order valence-corrected chi connectivity index (χ0v) is 11.5. The van der Waals surface area contributed by atoms with Crippen molar-refractivity contribution in [3.8, 4) is 11.8 Å². The van der Waals surface area contributed by atoms with Gasteiger partial charge in [0.2, 0.25) is 0 Å². The predicted molar refractivity (Wildman–Crippen MR) is 77.8 cm³/mol. The van der Waals surface area contributed by atoms with Crippen LogP contribution in [0.15, 0.2) is 54.6 Å². The van der Waals surface area contributed by atoms with Crippen LogP contribution in [0, 0.1) is 11.3 Å². The summed E-state index contributed by atoms with van der Waals surface area (Å²) in [5.41, 5.74) is 1.37. The molecule has 0 saturated heterocycles. The van der Waals surface area contributed by atoms with Crippen molar-refractivity contribution in [2.45, 2.75) is 6.61 Å². The van der Waals surface area contributed by atoms with E-state index in [9.17, 15) is 14.0 Å². The molecule has 0 bridgehead atoms. The first-order valence-corrected chi connectivity index (χ1v) is 6.40. The first-order chi connectivity index (χ1) is 10.1. The third-order valence-electron chi connectivity index (χ3n) is 2.71. The van der Waals surface area contributed by atoms with Crippen molar-refractivity contribution in [2.75, 3.05) is 0 Å². The van der Waals surface area contributed by atoms with E-state index in [2.05, 4.69) is 4.74 Å². The Kier molecular flexibility index (Phi) is 4.91. The number of hydrogen-bond acceptors (Lipinski definition) is 2. The molecule has 2 aromatic carbocycles. The Morgan fingerprint density at radius 1 is 1.05 bits per heavy atom. The molecular weight excluding hydrogens is 296 g/mol. The zero-order valence-electron chi connectivity index (χ0n) is 10.8. The van der Waals surface area contributed by atoms with Crippen LogP contribution in [0.3, 0.4) is 0 Å². The minimum absolute atomic E-state index is 0.00833. The summed E-state index contributed by atoms with van der Waals surface area (Å²) in [6.45, 7) is -2.91. The molecule has 2 nitrogen and oxygen atoms in total. The second-order valence-corrected chi connectivity index (χ2v) is 4.45. The Morgan fingerprint density at radius 2 is 1.71 bits per heavy atom. The summed E-state index contributed by atoms with van der Waals surface area (Å²) in [5.74, 6) is -0.00833. The Morgan fingerprint density at radius 3 is 2.33 bits per heavy atom. The number of nitriles is 1. The number of alkyl halides is 2. The average Bonchev–Trinajstić information content (AvgIpc) is 2.48. The van der Waals surface area contributed by atoms with Crippen LogP contribution in [0.25, 0.3) is 10.6 Å². The minimum Gasteiger partial charge on any atom is -0.435 e. The van der Waals surface area contributed by atoms with Crippen molar-refractivity contribution in [3.05, 3.63) is 65.7 Å². The van der Waals surface area contributed by atoms with Crippen LogP contribution >= 0.6 is 11.6 Å². The normalized spacial score (nSPS) is 11.8. The van der Waals surface area contributed by atoms with Gasteiger partial charge >= 0.3 is 6.61 Å². The Labute approximate surface area is 125 Å². The molecule has 0 aliphatic carbocycles. The molecule has 0 fully saturated rings. The van der Waals surface area contributed by atoms with Crippen molar-refractivity contribution in [2.24, 2.45) is 0 Å². The van der Waals surface area contributed by atoms with Gasteiger partial charge in [0.1, 0.15) is 11.8 Å². The van der Waals surface area contributed by atoms with E-state index in [1.807, 2.05) is 12.1 Å². The van der Waals surface area contributed by atoms with Crippen LogP contribution in [0.2, 0.25) is 0 Å². The SMILES string of the molecule is N#CC(=C(Cl)c1cccc(OC(F)F)c1)c1ccccc1. The Hall–Kier alpha value is -2.38. The molecule has 0 aliphatic rings. The van der Waals surface area contributed by atoms with Gasteiger partial charge in [-0.25, -0.2) is 0 Å². The Balaban J connectivity index is 2.44. The first-order valence-electron chi connectivity index (χ1n) is 6.02. The molecular formula is C16H10ClF2NO. The summed E-state index contributed by atoms with van der Waals surface area (Å²) < 4.78 is 28.8. The maximum atomic E-state index is 12.2. The van der Waals surface area contributed by atoms with Crippen molar-refractivity contribution in [1.82, 2.24) is 0 Å². The standard InChI is InChI=1S/C16H10ClF2NO/c17-15(14(10-20)11-5-2-1-3-6-11)12-7-4-8-13(9-12)21-16(18)19/h1-9,16H. The van der Waals surface area contributed by atoms with Gasteiger partial charge in [0.15, 0.2) is 0 Å². The summed E-state index contributed by atoms with van der Waals surface area (Å²) >= 11 is 6.23. The van der Waals surface area contributed by atoms with Crippen LogP contribution in [-0.2, 0) is 0 Å². The van der Waals surface area contributed by atoms with Gasteiger partial charge in [0, 0.05) is 0 Å². The number of hydrogen-bond donors (Lipinski definition) is 0. The lowest BCUT2D eigenvalue weighted by Gasteiger charge is -2.08. The molecule has 0 N–H and O–H groups in total. The number of halogens is 3. The summed E-state index contributed by atoms with van der Waals surface area (Å²) in [4.78, 5) is 0. The molecule has 0 spiro atoms. The molecule has 0 radical (unpaired) electrons. The van der Waals surface area contributed by atoms with E-state index in [0.717, 1.165) is 0 Å². The highest BCUT2D eigenvalue weighted by Gasteiger charge is 2.11. The monoisotopic (exact) mass is 305 g/mol. The molecule has 0 heterocycles. The van der Waals surface area contributed by atoms with E-state index < -0.39 is 6.61 Å². The molecule has 2 rings (SSSR count). The lowest BCUT2D eigenvalue weighted by Crippen LogP contribution is -2.01. The van der Waals surface area contributed by atoms with Crippen LogP contribution in [0.5, 0.6) is 5.75 Å². The molecule has 0 atom stereocenters. The minimum atomic E-state index is -2.91. The first kappa shape index (κ1) is 15.0. The van der Waals surface area contributed by atoms with Gasteiger partial charge in [0.25, 0.3) is 0 Å². The van der Waals surface area contributed by atoms with Crippen molar-refractivity contribution < 1.29 is 13.5 Å². The third-order valence-corrected chi connectivity index (χ3v) is 3.11. The fourth-order valence-corrected chi connectivity index (χ4v) is 2.07. The molecule has 0 amide bonds. The van der Waals surface area contributed by atoms with Crippen LogP contribution < -0.4 is 4.74 Å². The van der Waals surface area contributed by atoms with Gasteiger partial charge in [-0.1, -0.05) is 54.1 Å². The number of rotatable bonds is 4. The van der Waals surface area contributed by atoms with E-state index >= 15 is 0 Å². The third kappa shape index (κ3) is 3.80. The van der Waals surface area contributed by atoms with Gasteiger partial charge in [-0.3, -0.25) is 0 Å². The summed E-state index contributed by atoms with van der Waals surface area (Å²) in [7, 11) is 0. The second-order valence-electron chi connectivity index (χ2n) is 4.07. The van der Waals surface area contributed by atoms with Gasteiger partial charge in [-0.15, -0.1) is 0 Å². The summed E-state index contributed by atoms with van der Waals surface area (Å²) in [5, 5.41) is 9.47. The van der Waals surface area contributed by atoms with Crippen LogP contribution in [-0.4, -0.2) is 6.61 Å². The van der Waals surface area contributed by atoms with E-state index in [4.69, 9.17) is 11.6 Å². The molecule has 5 heteroatoms. The van der Waals surface area contributed by atoms with E-state index in [0.29, 0.717) is 11.1 Å². The van der Waals surface area contributed by atoms with E-state index in [1.54, 1.807) is 30.3 Å². The van der Waals surface area contributed by atoms with E-state index in [1.165, 1.54) is 18.2 Å². The van der Waals surface area contributed by atoms with Crippen molar-refractivity contribution in [3.63, 3.8) is 0 Å². The average molecular weight is 306 g/mol. The number of benzene rings is 2. The molecule has 0 saturated carbocycles. The number of nitrogens with zero attached hydrogens (tertiary/aromatic N) is 1. The van der Waals surface area contributed by atoms with Gasteiger partial charge in [-0.05, 0) is 23.3 Å². The number of ether oxygens (including phenoxy) is 1. The topological polar surface area (TPSA) is 33.0 Å². The highest BCUT2D eigenvalue weighted by molar-refractivity contribution is 6.53. The summed E-state index contributed by atoms with van der Waals surface area (Å²) in [6, 6.07) is 16.9. The highest BCUT2D eigenvalue weighted by atomic mass is 35.5. The lowest BCUT2D eigenvalue weighted by atomic mass is 10.0. The predicted octanol–water partition coefficient (Wildman–Crippen LogP) is 4.92. The van der Waals surface area contributed by atoms with Gasteiger partial charge in [-0.2, -0.15) is 14.0 Å². The van der Waals surface area contributed by atoms with Crippen molar-refractivity contribution in [1.29, 1.82) is 5.26 Å². The van der Waals surface area contributed by atoms with E-state index in [-0.39, 0.29) is 16.4 Å². The maximum Gasteiger partial charge on any atom is 0.387 e. The fourth-order valence-electron chi connectivity index (χ4n) is 1.80. The molecule has 0 aromatic heterocycles. The Bertz CT molecular complexity index is 693. The van der Waals surface area contributed by atoms with Gasteiger partial charge in [0.05, 0.1) is 10.6 Å². The number of allylic oxidation sites excluding steroid dienone is 1.